The summed E-state index contributed by atoms with van der Waals surface area (Å²) in [5.41, 5.74) is 4.06. The first kappa shape index (κ1) is 18.3. The maximum absolute atomic E-state index is 12.8. The smallest absolute Gasteiger partial charge is 0.254 e. The highest BCUT2D eigenvalue weighted by Crippen LogP contribution is 2.33. The van der Waals surface area contributed by atoms with Gasteiger partial charge < -0.3 is 19.3 Å². The topological polar surface area (TPSA) is 59.1 Å². The monoisotopic (exact) mass is 380 g/mol. The Bertz CT molecular complexity index is 925. The van der Waals surface area contributed by atoms with E-state index in [0.29, 0.717) is 44.1 Å². The van der Waals surface area contributed by atoms with Crippen LogP contribution >= 0.6 is 0 Å². The quantitative estimate of drug-likeness (QED) is 0.800. The number of nitrogens with zero attached hydrogens (tertiary/aromatic N) is 2. The largest absolute Gasteiger partial charge is 0.493 e. The lowest BCUT2D eigenvalue weighted by molar-refractivity contribution is -0.132. The summed E-state index contributed by atoms with van der Waals surface area (Å²) in [6, 6.07) is 11.6. The van der Waals surface area contributed by atoms with Gasteiger partial charge in [0, 0.05) is 38.2 Å². The summed E-state index contributed by atoms with van der Waals surface area (Å²) in [6.07, 6.45) is 1.12. The SMILES string of the molecule is COc1cc2c(cc1OC)CN(C(=O)CCN1Cc3ccccc3C1=O)CC2. The van der Waals surface area contributed by atoms with E-state index in [1.807, 2.05) is 41.3 Å². The Kier molecular flexibility index (Phi) is 4.94. The first-order chi connectivity index (χ1) is 13.6. The Morgan fingerprint density at radius 3 is 2.43 bits per heavy atom. The van der Waals surface area contributed by atoms with Gasteiger partial charge in [-0.3, -0.25) is 9.59 Å². The molecule has 0 atom stereocenters. The van der Waals surface area contributed by atoms with Gasteiger partial charge in [0.25, 0.3) is 5.91 Å². The predicted molar refractivity (Wildman–Crippen MR) is 104 cm³/mol. The number of hydrogen-bond acceptors (Lipinski definition) is 4. The summed E-state index contributed by atoms with van der Waals surface area (Å²) >= 11 is 0. The third-order valence-corrected chi connectivity index (χ3v) is 5.56. The van der Waals surface area contributed by atoms with Crippen molar-refractivity contribution < 1.29 is 19.1 Å². The Morgan fingerprint density at radius 2 is 1.71 bits per heavy atom. The molecule has 146 valence electrons. The molecule has 2 aliphatic rings. The summed E-state index contributed by atoms with van der Waals surface area (Å²) in [6.45, 7) is 2.27. The number of benzene rings is 2. The van der Waals surface area contributed by atoms with Gasteiger partial charge in [-0.15, -0.1) is 0 Å². The van der Waals surface area contributed by atoms with Gasteiger partial charge in [-0.05, 0) is 41.3 Å². The van der Waals surface area contributed by atoms with Crippen LogP contribution in [0.3, 0.4) is 0 Å². The van der Waals surface area contributed by atoms with E-state index in [-0.39, 0.29) is 11.8 Å². The van der Waals surface area contributed by atoms with E-state index < -0.39 is 0 Å². The number of carbonyl (C=O) groups excluding carboxylic acids is 2. The van der Waals surface area contributed by atoms with Crippen molar-refractivity contribution in [3.8, 4) is 11.5 Å². The van der Waals surface area contributed by atoms with Crippen molar-refractivity contribution in [1.29, 1.82) is 0 Å². The molecule has 4 rings (SSSR count). The second kappa shape index (κ2) is 7.54. The molecule has 0 aliphatic carbocycles. The van der Waals surface area contributed by atoms with Crippen LogP contribution in [-0.4, -0.2) is 48.9 Å². The molecule has 2 aromatic carbocycles. The molecule has 0 radical (unpaired) electrons. The maximum Gasteiger partial charge on any atom is 0.254 e. The van der Waals surface area contributed by atoms with Crippen molar-refractivity contribution >= 4 is 11.8 Å². The lowest BCUT2D eigenvalue weighted by Gasteiger charge is -2.30. The summed E-state index contributed by atoms with van der Waals surface area (Å²) in [5.74, 6) is 1.48. The number of methoxy groups -OCH3 is 2. The van der Waals surface area contributed by atoms with Gasteiger partial charge in [0.2, 0.25) is 5.91 Å². The van der Waals surface area contributed by atoms with Crippen molar-refractivity contribution in [3.05, 3.63) is 58.7 Å². The zero-order valence-electron chi connectivity index (χ0n) is 16.2. The number of amides is 2. The minimum Gasteiger partial charge on any atom is -0.493 e. The molecule has 0 spiro atoms. The number of carbonyl (C=O) groups is 2. The number of hydrogen-bond donors (Lipinski definition) is 0. The average molecular weight is 380 g/mol. The fraction of sp³-hybridized carbons (Fsp3) is 0.364. The maximum atomic E-state index is 12.8. The average Bonchev–Trinajstić information content (AvgIpc) is 3.06. The Hall–Kier alpha value is -3.02. The van der Waals surface area contributed by atoms with Gasteiger partial charge in [0.1, 0.15) is 0 Å². The van der Waals surface area contributed by atoms with Gasteiger partial charge >= 0.3 is 0 Å². The van der Waals surface area contributed by atoms with Crippen LogP contribution in [0.25, 0.3) is 0 Å². The molecule has 0 aromatic heterocycles. The van der Waals surface area contributed by atoms with E-state index >= 15 is 0 Å². The van der Waals surface area contributed by atoms with Gasteiger partial charge in [0.05, 0.1) is 14.2 Å². The molecule has 6 nitrogen and oxygen atoms in total. The van der Waals surface area contributed by atoms with Crippen LogP contribution in [0, 0.1) is 0 Å². The second-order valence-electron chi connectivity index (χ2n) is 7.18. The molecule has 0 N–H and O–H groups in total. The summed E-state index contributed by atoms with van der Waals surface area (Å²) < 4.78 is 10.7. The van der Waals surface area contributed by atoms with Gasteiger partial charge in [-0.1, -0.05) is 18.2 Å². The third kappa shape index (κ3) is 3.30. The first-order valence-corrected chi connectivity index (χ1v) is 9.49. The van der Waals surface area contributed by atoms with Crippen LogP contribution in [0.2, 0.25) is 0 Å². The molecule has 2 aromatic rings. The Morgan fingerprint density at radius 1 is 1.00 bits per heavy atom. The van der Waals surface area contributed by atoms with Gasteiger partial charge in [-0.25, -0.2) is 0 Å². The van der Waals surface area contributed by atoms with Crippen LogP contribution in [0.1, 0.15) is 33.5 Å². The van der Waals surface area contributed by atoms with E-state index in [4.69, 9.17) is 9.47 Å². The molecule has 2 aliphatic heterocycles. The molecule has 28 heavy (non-hydrogen) atoms. The summed E-state index contributed by atoms with van der Waals surface area (Å²) in [7, 11) is 3.24. The van der Waals surface area contributed by atoms with Crippen molar-refractivity contribution in [2.24, 2.45) is 0 Å². The Labute approximate surface area is 164 Å². The molecule has 0 saturated carbocycles. The molecule has 0 fully saturated rings. The van der Waals surface area contributed by atoms with E-state index in [0.717, 1.165) is 23.1 Å². The molecule has 6 heteroatoms. The van der Waals surface area contributed by atoms with Crippen LogP contribution in [0.4, 0.5) is 0 Å². The lowest BCUT2D eigenvalue weighted by atomic mass is 9.98. The number of ether oxygens (including phenoxy) is 2. The third-order valence-electron chi connectivity index (χ3n) is 5.56. The molecule has 2 amide bonds. The highest BCUT2D eigenvalue weighted by Gasteiger charge is 2.28. The van der Waals surface area contributed by atoms with E-state index in [1.54, 1.807) is 19.1 Å². The molecule has 2 heterocycles. The molecular formula is C22H24N2O4. The van der Waals surface area contributed by atoms with Crippen molar-refractivity contribution in [1.82, 2.24) is 9.80 Å². The van der Waals surface area contributed by atoms with Crippen molar-refractivity contribution in [2.45, 2.75) is 25.9 Å². The number of fused-ring (bicyclic) bond motifs is 2. The van der Waals surface area contributed by atoms with Crippen molar-refractivity contribution in [2.75, 3.05) is 27.3 Å². The summed E-state index contributed by atoms with van der Waals surface area (Å²) in [4.78, 5) is 28.8. The molecule has 0 saturated heterocycles. The van der Waals surface area contributed by atoms with Crippen LogP contribution < -0.4 is 9.47 Å². The van der Waals surface area contributed by atoms with Gasteiger partial charge in [0.15, 0.2) is 11.5 Å². The molecular weight excluding hydrogens is 356 g/mol. The predicted octanol–water partition coefficient (Wildman–Crippen LogP) is 2.63. The Balaban J connectivity index is 1.39. The lowest BCUT2D eigenvalue weighted by Crippen LogP contribution is -2.38. The minimum absolute atomic E-state index is 0.0178. The second-order valence-corrected chi connectivity index (χ2v) is 7.18. The van der Waals surface area contributed by atoms with Crippen LogP contribution in [-0.2, 0) is 24.3 Å². The molecule has 0 bridgehead atoms. The van der Waals surface area contributed by atoms with E-state index in [1.165, 1.54) is 5.56 Å². The zero-order chi connectivity index (χ0) is 19.7. The normalized spacial score (nSPS) is 15.3. The van der Waals surface area contributed by atoms with E-state index in [9.17, 15) is 9.59 Å². The highest BCUT2D eigenvalue weighted by atomic mass is 16.5. The van der Waals surface area contributed by atoms with Crippen LogP contribution in [0.15, 0.2) is 36.4 Å². The standard InChI is InChI=1S/C22H24N2O4/c1-27-19-11-15-7-9-23(14-17(15)12-20(19)28-2)21(25)8-10-24-13-16-5-3-4-6-18(16)22(24)26/h3-6,11-12H,7-10,13-14H2,1-2H3. The van der Waals surface area contributed by atoms with E-state index in [2.05, 4.69) is 0 Å². The highest BCUT2D eigenvalue weighted by molar-refractivity contribution is 5.98. The fourth-order valence-electron chi connectivity index (χ4n) is 3.98. The van der Waals surface area contributed by atoms with Crippen LogP contribution in [0.5, 0.6) is 11.5 Å². The molecule has 0 unspecified atom stereocenters. The fourth-order valence-corrected chi connectivity index (χ4v) is 3.98. The summed E-state index contributed by atoms with van der Waals surface area (Å²) in [5, 5.41) is 0. The van der Waals surface area contributed by atoms with Gasteiger partial charge in [-0.2, -0.15) is 0 Å². The van der Waals surface area contributed by atoms with Crippen molar-refractivity contribution in [3.63, 3.8) is 0 Å². The number of rotatable bonds is 5. The first-order valence-electron chi connectivity index (χ1n) is 9.49. The minimum atomic E-state index is 0.0178. The zero-order valence-corrected chi connectivity index (χ0v) is 16.2.